The normalized spacial score (nSPS) is 10.4. The van der Waals surface area contributed by atoms with Gasteiger partial charge < -0.3 is 19.8 Å². The highest BCUT2D eigenvalue weighted by Crippen LogP contribution is 2.22. The standard InChI is InChI=1S/C17H17N3O3/c21-17(20-12-14-6-3-10-22-14)19-9-11-23-15-7-1-4-13-5-2-8-18-16(13)15/h1-8,10H,9,11-12H2,(H2,19,20,21). The van der Waals surface area contributed by atoms with E-state index in [0.29, 0.717) is 31.2 Å². The molecule has 0 radical (unpaired) electrons. The lowest BCUT2D eigenvalue weighted by atomic mass is 10.2. The first-order valence-electron chi connectivity index (χ1n) is 7.33. The van der Waals surface area contributed by atoms with Crippen molar-refractivity contribution in [1.82, 2.24) is 15.6 Å². The monoisotopic (exact) mass is 311 g/mol. The number of furan rings is 1. The van der Waals surface area contributed by atoms with E-state index < -0.39 is 0 Å². The van der Waals surface area contributed by atoms with Gasteiger partial charge in [-0.3, -0.25) is 4.98 Å². The maximum absolute atomic E-state index is 11.6. The number of pyridine rings is 1. The van der Waals surface area contributed by atoms with Crippen LogP contribution in [0.2, 0.25) is 0 Å². The summed E-state index contributed by atoms with van der Waals surface area (Å²) in [7, 11) is 0. The summed E-state index contributed by atoms with van der Waals surface area (Å²) in [6, 6.07) is 13.0. The van der Waals surface area contributed by atoms with E-state index >= 15 is 0 Å². The molecule has 2 heterocycles. The van der Waals surface area contributed by atoms with Crippen molar-refractivity contribution in [3.63, 3.8) is 0 Å². The van der Waals surface area contributed by atoms with Crippen molar-refractivity contribution in [3.05, 3.63) is 60.7 Å². The van der Waals surface area contributed by atoms with E-state index in [1.807, 2.05) is 30.3 Å². The molecule has 6 heteroatoms. The summed E-state index contributed by atoms with van der Waals surface area (Å²) in [5.74, 6) is 1.42. The molecule has 0 fully saturated rings. The number of amides is 2. The van der Waals surface area contributed by atoms with Gasteiger partial charge in [-0.2, -0.15) is 0 Å². The molecule has 2 amide bonds. The molecular formula is C17H17N3O3. The zero-order valence-electron chi connectivity index (χ0n) is 12.5. The number of hydrogen-bond donors (Lipinski definition) is 2. The number of nitrogens with zero attached hydrogens (tertiary/aromatic N) is 1. The fourth-order valence-corrected chi connectivity index (χ4v) is 2.16. The molecule has 2 aromatic heterocycles. The number of benzene rings is 1. The van der Waals surface area contributed by atoms with E-state index in [9.17, 15) is 4.79 Å². The summed E-state index contributed by atoms with van der Waals surface area (Å²) in [6.45, 7) is 1.12. The first kappa shape index (κ1) is 14.9. The second-order valence-electron chi connectivity index (χ2n) is 4.87. The Balaban J connectivity index is 1.43. The van der Waals surface area contributed by atoms with Crippen LogP contribution in [0.1, 0.15) is 5.76 Å². The number of ether oxygens (including phenoxy) is 1. The fraction of sp³-hybridized carbons (Fsp3) is 0.176. The minimum Gasteiger partial charge on any atom is -0.489 e. The summed E-state index contributed by atoms with van der Waals surface area (Å²) in [4.78, 5) is 15.9. The molecule has 3 aromatic rings. The molecular weight excluding hydrogens is 294 g/mol. The molecule has 0 spiro atoms. The number of para-hydroxylation sites is 1. The maximum Gasteiger partial charge on any atom is 0.315 e. The van der Waals surface area contributed by atoms with Crippen molar-refractivity contribution in [1.29, 1.82) is 0 Å². The number of urea groups is 1. The number of carbonyl (C=O) groups is 1. The Kier molecular flexibility index (Phi) is 4.73. The number of nitrogens with one attached hydrogen (secondary N) is 2. The van der Waals surface area contributed by atoms with Gasteiger partial charge in [-0.1, -0.05) is 18.2 Å². The van der Waals surface area contributed by atoms with Crippen molar-refractivity contribution < 1.29 is 13.9 Å². The van der Waals surface area contributed by atoms with Crippen LogP contribution in [-0.2, 0) is 6.54 Å². The molecule has 0 bridgehead atoms. The first-order chi connectivity index (χ1) is 11.3. The van der Waals surface area contributed by atoms with Crippen molar-refractivity contribution in [3.8, 4) is 5.75 Å². The zero-order chi connectivity index (χ0) is 15.9. The molecule has 23 heavy (non-hydrogen) atoms. The molecule has 1 aromatic carbocycles. The fourth-order valence-electron chi connectivity index (χ4n) is 2.16. The predicted octanol–water partition coefficient (Wildman–Crippen LogP) is 2.71. The van der Waals surface area contributed by atoms with Crippen molar-refractivity contribution in [2.45, 2.75) is 6.54 Å². The Morgan fingerprint density at radius 1 is 1.13 bits per heavy atom. The second-order valence-corrected chi connectivity index (χ2v) is 4.87. The third kappa shape index (κ3) is 4.00. The SMILES string of the molecule is O=C(NCCOc1cccc2cccnc12)NCc1ccco1. The Bertz CT molecular complexity index is 766. The summed E-state index contributed by atoms with van der Waals surface area (Å²) < 4.78 is 10.8. The highest BCUT2D eigenvalue weighted by atomic mass is 16.5. The second kappa shape index (κ2) is 7.31. The lowest BCUT2D eigenvalue weighted by molar-refractivity contribution is 0.235. The minimum absolute atomic E-state index is 0.263. The first-order valence-corrected chi connectivity index (χ1v) is 7.33. The van der Waals surface area contributed by atoms with Crippen LogP contribution in [0, 0.1) is 0 Å². The van der Waals surface area contributed by atoms with Gasteiger partial charge in [0.05, 0.1) is 19.4 Å². The smallest absolute Gasteiger partial charge is 0.315 e. The van der Waals surface area contributed by atoms with Gasteiger partial charge in [0, 0.05) is 11.6 Å². The number of hydrogen-bond acceptors (Lipinski definition) is 4. The van der Waals surface area contributed by atoms with Crippen LogP contribution < -0.4 is 15.4 Å². The highest BCUT2D eigenvalue weighted by molar-refractivity contribution is 5.84. The van der Waals surface area contributed by atoms with Gasteiger partial charge in [-0.25, -0.2) is 4.79 Å². The van der Waals surface area contributed by atoms with Crippen LogP contribution in [-0.4, -0.2) is 24.2 Å². The van der Waals surface area contributed by atoms with E-state index in [4.69, 9.17) is 9.15 Å². The van der Waals surface area contributed by atoms with E-state index in [1.54, 1.807) is 24.6 Å². The average Bonchev–Trinajstić information content (AvgIpc) is 3.10. The molecule has 3 rings (SSSR count). The highest BCUT2D eigenvalue weighted by Gasteiger charge is 2.04. The zero-order valence-corrected chi connectivity index (χ0v) is 12.5. The van der Waals surface area contributed by atoms with Gasteiger partial charge in [0.25, 0.3) is 0 Å². The minimum atomic E-state index is -0.263. The predicted molar refractivity (Wildman–Crippen MR) is 86.2 cm³/mol. The van der Waals surface area contributed by atoms with Crippen LogP contribution in [0.4, 0.5) is 4.79 Å². The lowest BCUT2D eigenvalue weighted by Gasteiger charge is -2.10. The van der Waals surface area contributed by atoms with Crippen molar-refractivity contribution in [2.24, 2.45) is 0 Å². The van der Waals surface area contributed by atoms with Crippen LogP contribution in [0.15, 0.2) is 59.3 Å². The van der Waals surface area contributed by atoms with Crippen LogP contribution >= 0.6 is 0 Å². The summed E-state index contributed by atoms with van der Waals surface area (Å²) in [6.07, 6.45) is 3.30. The lowest BCUT2D eigenvalue weighted by Crippen LogP contribution is -2.37. The summed E-state index contributed by atoms with van der Waals surface area (Å²) >= 11 is 0. The maximum atomic E-state index is 11.6. The van der Waals surface area contributed by atoms with Crippen LogP contribution in [0.5, 0.6) is 5.75 Å². The third-order valence-electron chi connectivity index (χ3n) is 3.24. The van der Waals surface area contributed by atoms with E-state index in [0.717, 1.165) is 10.9 Å². The van der Waals surface area contributed by atoms with Crippen LogP contribution in [0.25, 0.3) is 10.9 Å². The number of fused-ring (bicyclic) bond motifs is 1. The van der Waals surface area contributed by atoms with Gasteiger partial charge in [-0.05, 0) is 24.3 Å². The summed E-state index contributed by atoms with van der Waals surface area (Å²) in [5, 5.41) is 6.45. The largest absolute Gasteiger partial charge is 0.489 e. The number of rotatable bonds is 6. The topological polar surface area (TPSA) is 76.4 Å². The van der Waals surface area contributed by atoms with Gasteiger partial charge in [0.1, 0.15) is 23.6 Å². The molecule has 6 nitrogen and oxygen atoms in total. The van der Waals surface area contributed by atoms with E-state index in [2.05, 4.69) is 15.6 Å². The Hall–Kier alpha value is -3.02. The molecule has 118 valence electrons. The van der Waals surface area contributed by atoms with Gasteiger partial charge in [0.15, 0.2) is 0 Å². The Morgan fingerprint density at radius 3 is 2.91 bits per heavy atom. The molecule has 0 aliphatic carbocycles. The van der Waals surface area contributed by atoms with Crippen molar-refractivity contribution >= 4 is 16.9 Å². The Morgan fingerprint density at radius 2 is 2.04 bits per heavy atom. The van der Waals surface area contributed by atoms with Crippen molar-refractivity contribution in [2.75, 3.05) is 13.2 Å². The Labute approximate surface area is 133 Å². The van der Waals surface area contributed by atoms with Gasteiger partial charge in [-0.15, -0.1) is 0 Å². The molecule has 0 atom stereocenters. The van der Waals surface area contributed by atoms with Crippen LogP contribution in [0.3, 0.4) is 0 Å². The molecule has 0 unspecified atom stereocenters. The molecule has 0 saturated heterocycles. The summed E-state index contributed by atoms with van der Waals surface area (Å²) in [5.41, 5.74) is 0.817. The van der Waals surface area contributed by atoms with Gasteiger partial charge in [0.2, 0.25) is 0 Å². The van der Waals surface area contributed by atoms with E-state index in [1.165, 1.54) is 0 Å². The molecule has 0 saturated carbocycles. The average molecular weight is 311 g/mol. The third-order valence-corrected chi connectivity index (χ3v) is 3.24. The number of carbonyl (C=O) groups excluding carboxylic acids is 1. The van der Waals surface area contributed by atoms with E-state index in [-0.39, 0.29) is 6.03 Å². The van der Waals surface area contributed by atoms with Gasteiger partial charge >= 0.3 is 6.03 Å². The molecule has 2 N–H and O–H groups in total. The number of aromatic nitrogens is 1. The quantitative estimate of drug-likeness (QED) is 0.686. The molecule has 0 aliphatic rings. The molecule has 0 aliphatic heterocycles.